The van der Waals surface area contributed by atoms with Gasteiger partial charge in [0, 0.05) is 34.1 Å². The lowest BCUT2D eigenvalue weighted by Crippen LogP contribution is -2.21. The zero-order chi connectivity index (χ0) is 28.4. The van der Waals surface area contributed by atoms with E-state index in [2.05, 4.69) is 0 Å². The summed E-state index contributed by atoms with van der Waals surface area (Å²) in [4.78, 5) is 0. The maximum atomic E-state index is 12.7. The first-order valence-corrected chi connectivity index (χ1v) is 15.1. The minimum atomic E-state index is -4.34. The Labute approximate surface area is 228 Å². The highest BCUT2D eigenvalue weighted by Crippen LogP contribution is 2.60. The number of hydrogen-bond acceptors (Lipinski definition) is 10. The number of benzene rings is 2. The highest BCUT2D eigenvalue weighted by atomic mass is 32.2. The van der Waals surface area contributed by atoms with Crippen molar-refractivity contribution in [1.29, 1.82) is 0 Å². The van der Waals surface area contributed by atoms with Crippen LogP contribution in [0, 0.1) is 0 Å². The van der Waals surface area contributed by atoms with Crippen LogP contribution in [0.5, 0.6) is 23.5 Å². The first kappa shape index (κ1) is 25.7. The van der Waals surface area contributed by atoms with Crippen LogP contribution in [0.3, 0.4) is 0 Å². The van der Waals surface area contributed by atoms with Crippen LogP contribution < -0.4 is 8.57 Å². The van der Waals surface area contributed by atoms with Crippen LogP contribution in [0.1, 0.15) is 45.2 Å². The largest absolute Gasteiger partial charge is 0.492 e. The number of hydrogen-bond donors (Lipinski definition) is 4. The molecule has 2 aromatic carbocycles. The molecule has 0 aliphatic heterocycles. The van der Waals surface area contributed by atoms with Crippen molar-refractivity contribution in [2.75, 3.05) is 0 Å². The van der Waals surface area contributed by atoms with Crippen LogP contribution in [0.15, 0.2) is 72.8 Å². The minimum Gasteiger partial charge on any atom is -0.492 e. The zero-order valence-corrected chi connectivity index (χ0v) is 22.1. The van der Waals surface area contributed by atoms with Crippen LogP contribution in [-0.4, -0.2) is 46.7 Å². The van der Waals surface area contributed by atoms with Crippen molar-refractivity contribution in [3.63, 3.8) is 0 Å². The predicted octanol–water partition coefficient (Wildman–Crippen LogP) is 2.18. The molecule has 2 aromatic heterocycles. The minimum absolute atomic E-state index is 0.0204. The fourth-order valence-electron chi connectivity index (χ4n) is 5.22. The third-order valence-electron chi connectivity index (χ3n) is 6.80. The van der Waals surface area contributed by atoms with E-state index in [1.807, 2.05) is 0 Å². The molecule has 2 bridgehead atoms. The summed E-state index contributed by atoms with van der Waals surface area (Å²) < 4.78 is 61.7. The van der Waals surface area contributed by atoms with E-state index >= 15 is 0 Å². The Morgan fingerprint density at radius 3 is 1.15 bits per heavy atom. The van der Waals surface area contributed by atoms with Gasteiger partial charge in [0.2, 0.25) is 23.5 Å². The third-order valence-corrected chi connectivity index (χ3v) is 8.93. The molecule has 0 saturated carbocycles. The Hall–Kier alpha value is -4.56. The standard InChI is InChI=1S/C26H22N2O10S2/c29-23-19-17-11-12-18(20(19)24(30)27(23)37-39(33,34)13-15-7-3-1-4-8-15)22-21(17)25(31)28(26(22)32)38-40(35,36)14-16-9-5-2-6-10-16/h1-12,17-18,29-32H,13-14H2. The lowest BCUT2D eigenvalue weighted by molar-refractivity contribution is 0.199. The Kier molecular flexibility index (Phi) is 5.78. The van der Waals surface area contributed by atoms with E-state index in [4.69, 9.17) is 8.57 Å². The molecule has 208 valence electrons. The normalized spacial score (nSPS) is 17.4. The van der Waals surface area contributed by atoms with E-state index in [0.29, 0.717) is 20.6 Å². The van der Waals surface area contributed by atoms with E-state index in [9.17, 15) is 37.3 Å². The summed E-state index contributed by atoms with van der Waals surface area (Å²) in [6, 6.07) is 16.3. The van der Waals surface area contributed by atoms with Crippen molar-refractivity contribution in [1.82, 2.24) is 9.46 Å². The molecule has 14 heteroatoms. The second-order valence-corrected chi connectivity index (χ2v) is 12.5. The molecule has 2 heterocycles. The van der Waals surface area contributed by atoms with E-state index in [1.54, 1.807) is 72.8 Å². The van der Waals surface area contributed by atoms with Gasteiger partial charge in [0.05, 0.1) is 0 Å². The number of aromatic nitrogens is 2. The summed E-state index contributed by atoms with van der Waals surface area (Å²) in [5.74, 6) is -6.04. The van der Waals surface area contributed by atoms with Crippen LogP contribution in [0.2, 0.25) is 0 Å². The lowest BCUT2D eigenvalue weighted by Gasteiger charge is -2.30. The second kappa shape index (κ2) is 8.99. The summed E-state index contributed by atoms with van der Waals surface area (Å²) in [7, 11) is -8.67. The van der Waals surface area contributed by atoms with Crippen LogP contribution >= 0.6 is 0 Å². The van der Waals surface area contributed by atoms with Crippen LogP contribution in [0.4, 0.5) is 0 Å². The van der Waals surface area contributed by atoms with Gasteiger partial charge in [0.25, 0.3) is 0 Å². The Morgan fingerprint density at radius 2 is 0.850 bits per heavy atom. The molecule has 4 aromatic rings. The van der Waals surface area contributed by atoms with E-state index < -0.39 is 67.1 Å². The average molecular weight is 587 g/mol. The Balaban J connectivity index is 1.35. The lowest BCUT2D eigenvalue weighted by atomic mass is 9.70. The molecule has 0 radical (unpaired) electrons. The number of allylic oxidation sites excluding steroid dienone is 2. The molecule has 0 unspecified atom stereocenters. The maximum Gasteiger partial charge on any atom is 0.331 e. The van der Waals surface area contributed by atoms with Gasteiger partial charge in [-0.3, -0.25) is 8.57 Å². The molecule has 0 spiro atoms. The highest BCUT2D eigenvalue weighted by molar-refractivity contribution is 7.86. The van der Waals surface area contributed by atoms with Gasteiger partial charge in [-0.2, -0.15) is 16.8 Å². The van der Waals surface area contributed by atoms with E-state index in [-0.39, 0.29) is 22.3 Å². The number of rotatable bonds is 8. The van der Waals surface area contributed by atoms with Crippen molar-refractivity contribution < 1.29 is 45.8 Å². The quantitative estimate of drug-likeness (QED) is 0.224. The average Bonchev–Trinajstić information content (AvgIpc) is 3.32. The molecule has 3 aliphatic rings. The number of aromatic hydroxyl groups is 4. The summed E-state index contributed by atoms with van der Waals surface area (Å²) in [6.07, 6.45) is 3.11. The monoisotopic (exact) mass is 586 g/mol. The first-order valence-electron chi connectivity index (χ1n) is 11.9. The molecule has 3 aliphatic carbocycles. The fraction of sp³-hybridized carbons (Fsp3) is 0.154. The highest BCUT2D eigenvalue weighted by Gasteiger charge is 2.48. The van der Waals surface area contributed by atoms with Crippen LogP contribution in [-0.2, 0) is 31.7 Å². The van der Waals surface area contributed by atoms with Crippen molar-refractivity contribution in [2.24, 2.45) is 0 Å². The summed E-state index contributed by atoms with van der Waals surface area (Å²) in [6.45, 7) is 0. The zero-order valence-electron chi connectivity index (χ0n) is 20.4. The third kappa shape index (κ3) is 4.12. The van der Waals surface area contributed by atoms with Gasteiger partial charge in [0.15, 0.2) is 0 Å². The van der Waals surface area contributed by atoms with E-state index in [1.165, 1.54) is 0 Å². The van der Waals surface area contributed by atoms with Gasteiger partial charge in [-0.25, -0.2) is 0 Å². The van der Waals surface area contributed by atoms with Crippen molar-refractivity contribution in [3.8, 4) is 23.5 Å². The molecule has 12 nitrogen and oxygen atoms in total. The predicted molar refractivity (Wildman–Crippen MR) is 140 cm³/mol. The second-order valence-electron chi connectivity index (χ2n) is 9.40. The maximum absolute atomic E-state index is 12.7. The molecular formula is C26H22N2O10S2. The smallest absolute Gasteiger partial charge is 0.331 e. The van der Waals surface area contributed by atoms with Crippen molar-refractivity contribution in [2.45, 2.75) is 23.3 Å². The summed E-state index contributed by atoms with van der Waals surface area (Å²) >= 11 is 0. The van der Waals surface area contributed by atoms with E-state index in [0.717, 1.165) is 0 Å². The molecule has 0 saturated heterocycles. The molecular weight excluding hydrogens is 564 g/mol. The molecule has 40 heavy (non-hydrogen) atoms. The van der Waals surface area contributed by atoms with Gasteiger partial charge in [-0.05, 0) is 11.1 Å². The fourth-order valence-corrected chi connectivity index (χ4v) is 7.26. The summed E-state index contributed by atoms with van der Waals surface area (Å²) in [5.41, 5.74) is 0.919. The molecule has 0 fully saturated rings. The topological polar surface area (TPSA) is 178 Å². The van der Waals surface area contributed by atoms with Crippen molar-refractivity contribution >= 4 is 20.2 Å². The molecule has 7 rings (SSSR count). The van der Waals surface area contributed by atoms with Gasteiger partial charge < -0.3 is 20.4 Å². The first-order chi connectivity index (χ1) is 19.0. The Morgan fingerprint density at radius 1 is 0.550 bits per heavy atom. The van der Waals surface area contributed by atoms with Gasteiger partial charge >= 0.3 is 20.2 Å². The van der Waals surface area contributed by atoms with Crippen molar-refractivity contribution in [3.05, 3.63) is 106 Å². The molecule has 0 atom stereocenters. The molecule has 4 N–H and O–H groups in total. The SMILES string of the molecule is O=S(=O)(Cc1ccccc1)On1c(O)c2c(c1O)C1C=CC2c2c1c(O)n(OS(=O)(=O)Cc1ccccc1)c2O. The number of nitrogens with zero attached hydrogens (tertiary/aromatic N) is 2. The molecule has 0 amide bonds. The Bertz CT molecular complexity index is 1680. The van der Waals surface area contributed by atoms with Crippen LogP contribution in [0.25, 0.3) is 0 Å². The van der Waals surface area contributed by atoms with Gasteiger partial charge in [-0.1, -0.05) is 82.3 Å². The van der Waals surface area contributed by atoms with Gasteiger partial charge in [-0.15, -0.1) is 0 Å². The summed E-state index contributed by atoms with van der Waals surface area (Å²) in [5, 5.41) is 43.8. The van der Waals surface area contributed by atoms with Gasteiger partial charge in [0.1, 0.15) is 11.5 Å².